The molecule has 0 aromatic heterocycles. The molecule has 3 heteroatoms. The van der Waals surface area contributed by atoms with Gasteiger partial charge in [0.2, 0.25) is 0 Å². The molecule has 116 valence electrons. The third kappa shape index (κ3) is 3.08. The Morgan fingerprint density at radius 2 is 1.86 bits per heavy atom. The van der Waals surface area contributed by atoms with E-state index in [1.807, 2.05) is 30.3 Å². The van der Waals surface area contributed by atoms with Crippen molar-refractivity contribution in [3.8, 4) is 5.75 Å². The van der Waals surface area contributed by atoms with Crippen LogP contribution in [0.2, 0.25) is 0 Å². The summed E-state index contributed by atoms with van der Waals surface area (Å²) in [7, 11) is 1.41. The van der Waals surface area contributed by atoms with E-state index in [2.05, 4.69) is 6.92 Å². The molecule has 0 atom stereocenters. The molecule has 0 unspecified atom stereocenters. The third-order valence-corrected chi connectivity index (χ3v) is 4.52. The lowest BCUT2D eigenvalue weighted by Gasteiger charge is -2.27. The molecule has 0 aliphatic heterocycles. The predicted octanol–water partition coefficient (Wildman–Crippen LogP) is 4.58. The normalized spacial score (nSPS) is 21.5. The Morgan fingerprint density at radius 1 is 1.09 bits per heavy atom. The minimum absolute atomic E-state index is 0.305. The Morgan fingerprint density at radius 3 is 2.59 bits per heavy atom. The fourth-order valence-corrected chi connectivity index (χ4v) is 3.16. The van der Waals surface area contributed by atoms with Crippen molar-refractivity contribution < 1.29 is 14.3 Å². The fraction of sp³-hybridized carbons (Fsp3) is 0.421. The first-order valence-corrected chi connectivity index (χ1v) is 7.95. The summed E-state index contributed by atoms with van der Waals surface area (Å²) in [5.41, 5.74) is 0.595. The van der Waals surface area contributed by atoms with Crippen molar-refractivity contribution in [2.75, 3.05) is 7.11 Å². The molecule has 3 nitrogen and oxygen atoms in total. The summed E-state index contributed by atoms with van der Waals surface area (Å²) in [6, 6.07) is 11.6. The average Bonchev–Trinajstić information content (AvgIpc) is 2.55. The van der Waals surface area contributed by atoms with Gasteiger partial charge in [0.05, 0.1) is 18.8 Å². The van der Waals surface area contributed by atoms with Gasteiger partial charge < -0.3 is 9.47 Å². The minimum Gasteiger partial charge on any atom is -0.490 e. The van der Waals surface area contributed by atoms with Gasteiger partial charge in [-0.3, -0.25) is 0 Å². The van der Waals surface area contributed by atoms with Crippen LogP contribution in [-0.4, -0.2) is 19.2 Å². The average molecular weight is 298 g/mol. The van der Waals surface area contributed by atoms with E-state index in [-0.39, 0.29) is 5.97 Å². The van der Waals surface area contributed by atoms with Gasteiger partial charge in [-0.2, -0.15) is 0 Å². The molecule has 1 fully saturated rings. The van der Waals surface area contributed by atoms with Gasteiger partial charge >= 0.3 is 5.97 Å². The Labute approximate surface area is 131 Å². The lowest BCUT2D eigenvalue weighted by molar-refractivity contribution is 0.0603. The molecular weight excluding hydrogens is 276 g/mol. The van der Waals surface area contributed by atoms with E-state index in [4.69, 9.17) is 9.47 Å². The maximum Gasteiger partial charge on any atom is 0.338 e. The van der Waals surface area contributed by atoms with Gasteiger partial charge in [0.15, 0.2) is 0 Å². The summed E-state index contributed by atoms with van der Waals surface area (Å²) in [4.78, 5) is 11.8. The van der Waals surface area contributed by atoms with Crippen molar-refractivity contribution in [2.24, 2.45) is 5.92 Å². The van der Waals surface area contributed by atoms with E-state index in [9.17, 15) is 4.79 Å². The van der Waals surface area contributed by atoms with Crippen LogP contribution in [-0.2, 0) is 4.74 Å². The highest BCUT2D eigenvalue weighted by Gasteiger charge is 2.19. The number of esters is 1. The summed E-state index contributed by atoms with van der Waals surface area (Å²) in [5.74, 6) is 1.40. The molecule has 0 heterocycles. The van der Waals surface area contributed by atoms with Crippen LogP contribution >= 0.6 is 0 Å². The highest BCUT2D eigenvalue weighted by Crippen LogP contribution is 2.29. The lowest BCUT2D eigenvalue weighted by Crippen LogP contribution is -2.22. The second-order valence-electron chi connectivity index (χ2n) is 6.18. The number of ether oxygens (including phenoxy) is 2. The molecule has 1 saturated carbocycles. The van der Waals surface area contributed by atoms with Crippen LogP contribution in [0.25, 0.3) is 10.8 Å². The highest BCUT2D eigenvalue weighted by atomic mass is 16.5. The molecule has 0 N–H and O–H groups in total. The topological polar surface area (TPSA) is 35.5 Å². The largest absolute Gasteiger partial charge is 0.490 e. The van der Waals surface area contributed by atoms with Crippen LogP contribution in [0.15, 0.2) is 36.4 Å². The number of hydrogen-bond donors (Lipinski definition) is 0. The van der Waals surface area contributed by atoms with Gasteiger partial charge in [0, 0.05) is 0 Å². The Hall–Kier alpha value is -2.03. The Kier molecular flexibility index (Phi) is 4.32. The zero-order chi connectivity index (χ0) is 15.5. The SMILES string of the molecule is COC(=O)c1cccc2cc(OC3CCC(C)CC3)ccc12. The second-order valence-corrected chi connectivity index (χ2v) is 6.18. The van der Waals surface area contributed by atoms with Crippen LogP contribution in [0.3, 0.4) is 0 Å². The molecule has 1 aliphatic rings. The summed E-state index contributed by atoms with van der Waals surface area (Å²) in [5, 5.41) is 1.91. The number of methoxy groups -OCH3 is 1. The van der Waals surface area contributed by atoms with Gasteiger partial charge in [-0.1, -0.05) is 19.1 Å². The zero-order valence-corrected chi connectivity index (χ0v) is 13.2. The van der Waals surface area contributed by atoms with Crippen LogP contribution in [0.1, 0.15) is 43.0 Å². The summed E-state index contributed by atoms with van der Waals surface area (Å²) < 4.78 is 11.0. The highest BCUT2D eigenvalue weighted by molar-refractivity contribution is 6.04. The van der Waals surface area contributed by atoms with Crippen molar-refractivity contribution in [2.45, 2.75) is 38.7 Å². The van der Waals surface area contributed by atoms with Crippen molar-refractivity contribution in [3.05, 3.63) is 42.0 Å². The van der Waals surface area contributed by atoms with Gasteiger partial charge in [0.1, 0.15) is 5.75 Å². The molecule has 3 rings (SSSR count). The summed E-state index contributed by atoms with van der Waals surface area (Å²) in [6.45, 7) is 2.31. The number of benzene rings is 2. The smallest absolute Gasteiger partial charge is 0.338 e. The number of fused-ring (bicyclic) bond motifs is 1. The first-order valence-electron chi connectivity index (χ1n) is 7.95. The fourth-order valence-electron chi connectivity index (χ4n) is 3.16. The predicted molar refractivity (Wildman–Crippen MR) is 87.3 cm³/mol. The van der Waals surface area contributed by atoms with E-state index >= 15 is 0 Å². The molecular formula is C19H22O3. The van der Waals surface area contributed by atoms with Gasteiger partial charge in [0.25, 0.3) is 0 Å². The number of hydrogen-bond acceptors (Lipinski definition) is 3. The summed E-state index contributed by atoms with van der Waals surface area (Å²) >= 11 is 0. The van der Waals surface area contributed by atoms with E-state index < -0.39 is 0 Å². The van der Waals surface area contributed by atoms with Crippen molar-refractivity contribution in [1.29, 1.82) is 0 Å². The van der Waals surface area contributed by atoms with Gasteiger partial charge in [-0.25, -0.2) is 4.79 Å². The van der Waals surface area contributed by atoms with E-state index in [0.717, 1.165) is 35.3 Å². The lowest BCUT2D eigenvalue weighted by atomic mass is 9.89. The molecule has 0 saturated heterocycles. The van der Waals surface area contributed by atoms with Gasteiger partial charge in [-0.05, 0) is 66.6 Å². The molecule has 0 amide bonds. The molecule has 0 bridgehead atoms. The third-order valence-electron chi connectivity index (χ3n) is 4.52. The maximum absolute atomic E-state index is 11.8. The molecule has 0 radical (unpaired) electrons. The van der Waals surface area contributed by atoms with Crippen molar-refractivity contribution in [3.63, 3.8) is 0 Å². The van der Waals surface area contributed by atoms with E-state index in [1.165, 1.54) is 20.0 Å². The number of carbonyl (C=O) groups excluding carboxylic acids is 1. The van der Waals surface area contributed by atoms with Crippen molar-refractivity contribution >= 4 is 16.7 Å². The standard InChI is InChI=1S/C19H22O3/c1-13-6-8-15(9-7-13)22-16-10-11-17-14(12-16)4-3-5-18(17)19(20)21-2/h3-5,10-13,15H,6-9H2,1-2H3. The molecule has 2 aromatic carbocycles. The first kappa shape index (κ1) is 14.9. The number of rotatable bonds is 3. The summed E-state index contributed by atoms with van der Waals surface area (Å²) in [6.07, 6.45) is 5.05. The monoisotopic (exact) mass is 298 g/mol. The first-order chi connectivity index (χ1) is 10.7. The van der Waals surface area contributed by atoms with Crippen LogP contribution in [0, 0.1) is 5.92 Å². The maximum atomic E-state index is 11.8. The zero-order valence-electron chi connectivity index (χ0n) is 13.2. The van der Waals surface area contributed by atoms with Crippen LogP contribution < -0.4 is 4.74 Å². The van der Waals surface area contributed by atoms with E-state index in [0.29, 0.717) is 11.7 Å². The van der Waals surface area contributed by atoms with Crippen LogP contribution in [0.4, 0.5) is 0 Å². The second kappa shape index (κ2) is 6.39. The number of carbonyl (C=O) groups is 1. The Bertz CT molecular complexity index is 669. The molecule has 2 aromatic rings. The van der Waals surface area contributed by atoms with Crippen LogP contribution in [0.5, 0.6) is 5.75 Å². The molecule has 22 heavy (non-hydrogen) atoms. The molecule has 1 aliphatic carbocycles. The Balaban J connectivity index is 1.83. The van der Waals surface area contributed by atoms with Crippen molar-refractivity contribution in [1.82, 2.24) is 0 Å². The quantitative estimate of drug-likeness (QED) is 0.778. The van der Waals surface area contributed by atoms with E-state index in [1.54, 1.807) is 6.07 Å². The minimum atomic E-state index is -0.305. The van der Waals surface area contributed by atoms with Gasteiger partial charge in [-0.15, -0.1) is 0 Å². The molecule has 0 spiro atoms.